The van der Waals surface area contributed by atoms with Gasteiger partial charge in [0, 0.05) is 32.7 Å². The van der Waals surface area contributed by atoms with E-state index >= 15 is 0 Å². The smallest absolute Gasteiger partial charge is 0.341 e. The summed E-state index contributed by atoms with van der Waals surface area (Å²) in [6.45, 7) is 3.68. The molecule has 0 saturated carbocycles. The zero-order valence-corrected chi connectivity index (χ0v) is 30.6. The van der Waals surface area contributed by atoms with E-state index in [2.05, 4.69) is 16.0 Å². The number of amides is 3. The number of thiophene rings is 1. The standard InChI is InChI=1S/C40H37N3O7S2/c1-5-50-40(47)34-31(26-14-8-6-9-15-26)24-51-39(34)43-36(44)25(2)52-30-20-13-19-29(23-30)41-38(46)32(42-37(45)27-16-10-7-11-17-27)22-28-18-12-21-33(48-3)35(28)49-4/h6-25H,5H2,1-4H3,(H,41,46)(H,42,45)(H,43,44)/b32-22+. The van der Waals surface area contributed by atoms with Gasteiger partial charge in [-0.3, -0.25) is 14.4 Å². The van der Waals surface area contributed by atoms with Crippen LogP contribution in [-0.2, 0) is 14.3 Å². The predicted molar refractivity (Wildman–Crippen MR) is 206 cm³/mol. The summed E-state index contributed by atoms with van der Waals surface area (Å²) in [6.07, 6.45) is 1.51. The van der Waals surface area contributed by atoms with Crippen molar-refractivity contribution in [1.82, 2.24) is 5.32 Å². The first-order valence-electron chi connectivity index (χ1n) is 16.2. The molecule has 0 spiro atoms. The Bertz CT molecular complexity index is 2080. The lowest BCUT2D eigenvalue weighted by Crippen LogP contribution is -2.30. The van der Waals surface area contributed by atoms with E-state index in [1.165, 1.54) is 43.4 Å². The fourth-order valence-corrected chi connectivity index (χ4v) is 7.01. The van der Waals surface area contributed by atoms with Crippen LogP contribution in [0.5, 0.6) is 11.5 Å². The van der Waals surface area contributed by atoms with Crippen molar-refractivity contribution < 1.29 is 33.4 Å². The lowest BCUT2D eigenvalue weighted by molar-refractivity contribution is -0.115. The summed E-state index contributed by atoms with van der Waals surface area (Å²) in [5.74, 6) is -1.03. The van der Waals surface area contributed by atoms with Crippen molar-refractivity contribution >= 4 is 63.6 Å². The number of nitrogens with one attached hydrogen (secondary N) is 3. The highest BCUT2D eigenvalue weighted by atomic mass is 32.2. The number of ether oxygens (including phenoxy) is 3. The van der Waals surface area contributed by atoms with E-state index < -0.39 is 23.0 Å². The Morgan fingerprint density at radius 1 is 0.846 bits per heavy atom. The molecule has 5 aromatic rings. The first-order chi connectivity index (χ1) is 25.2. The molecule has 0 fully saturated rings. The third-order valence-corrected chi connectivity index (χ3v) is 9.62. The second-order valence-electron chi connectivity index (χ2n) is 11.1. The maximum Gasteiger partial charge on any atom is 0.341 e. The minimum atomic E-state index is -0.583. The van der Waals surface area contributed by atoms with E-state index in [9.17, 15) is 19.2 Å². The third kappa shape index (κ3) is 9.27. The molecule has 0 saturated heterocycles. The van der Waals surface area contributed by atoms with Crippen LogP contribution in [0.4, 0.5) is 10.7 Å². The van der Waals surface area contributed by atoms with Crippen molar-refractivity contribution in [1.29, 1.82) is 0 Å². The number of benzene rings is 4. The lowest BCUT2D eigenvalue weighted by Gasteiger charge is -2.15. The van der Waals surface area contributed by atoms with Crippen molar-refractivity contribution in [3.63, 3.8) is 0 Å². The minimum Gasteiger partial charge on any atom is -0.493 e. The predicted octanol–water partition coefficient (Wildman–Crippen LogP) is 8.14. The number of rotatable bonds is 14. The van der Waals surface area contributed by atoms with Gasteiger partial charge in [0.15, 0.2) is 11.5 Å². The van der Waals surface area contributed by atoms with Gasteiger partial charge >= 0.3 is 5.97 Å². The van der Waals surface area contributed by atoms with E-state index in [0.29, 0.717) is 49.3 Å². The van der Waals surface area contributed by atoms with Gasteiger partial charge in [0.2, 0.25) is 5.91 Å². The van der Waals surface area contributed by atoms with Crippen molar-refractivity contribution in [3.8, 4) is 22.6 Å². The van der Waals surface area contributed by atoms with Gasteiger partial charge in [0.25, 0.3) is 11.8 Å². The highest BCUT2D eigenvalue weighted by Gasteiger charge is 2.25. The first kappa shape index (κ1) is 37.4. The van der Waals surface area contributed by atoms with Crippen LogP contribution in [0.15, 0.2) is 119 Å². The van der Waals surface area contributed by atoms with Crippen LogP contribution in [0, 0.1) is 0 Å². The summed E-state index contributed by atoms with van der Waals surface area (Å²) < 4.78 is 16.3. The van der Waals surface area contributed by atoms with Crippen LogP contribution in [0.1, 0.15) is 40.1 Å². The quantitative estimate of drug-likeness (QED) is 0.0592. The van der Waals surface area contributed by atoms with Crippen LogP contribution in [0.3, 0.4) is 0 Å². The fraction of sp³-hybridized carbons (Fsp3) is 0.150. The van der Waals surface area contributed by atoms with E-state index in [1.807, 2.05) is 41.8 Å². The third-order valence-electron chi connectivity index (χ3n) is 7.63. The average molecular weight is 736 g/mol. The zero-order chi connectivity index (χ0) is 37.0. The molecule has 0 aliphatic heterocycles. The van der Waals surface area contributed by atoms with Gasteiger partial charge in [-0.2, -0.15) is 0 Å². The van der Waals surface area contributed by atoms with Crippen molar-refractivity contribution in [2.24, 2.45) is 0 Å². The normalized spacial score (nSPS) is 11.6. The molecular weight excluding hydrogens is 699 g/mol. The summed E-state index contributed by atoms with van der Waals surface area (Å²) in [4.78, 5) is 54.0. The van der Waals surface area contributed by atoms with Crippen molar-refractivity contribution in [2.75, 3.05) is 31.5 Å². The molecule has 0 aliphatic rings. The number of hydrogen-bond acceptors (Lipinski definition) is 9. The molecule has 10 nitrogen and oxygen atoms in total. The van der Waals surface area contributed by atoms with E-state index in [1.54, 1.807) is 80.6 Å². The average Bonchev–Trinajstić information content (AvgIpc) is 3.58. The SMILES string of the molecule is CCOC(=O)c1c(-c2ccccc2)csc1NC(=O)C(C)Sc1cccc(NC(=O)/C(=C\c2cccc(OC)c2OC)NC(=O)c2ccccc2)c1. The summed E-state index contributed by atoms with van der Waals surface area (Å²) >= 11 is 2.54. The van der Waals surface area contributed by atoms with Gasteiger partial charge in [0.05, 0.1) is 26.1 Å². The molecule has 0 bridgehead atoms. The first-order valence-corrected chi connectivity index (χ1v) is 18.0. The number of esters is 1. The Hall–Kier alpha value is -5.85. The van der Waals surface area contributed by atoms with Crippen LogP contribution < -0.4 is 25.4 Å². The molecule has 12 heteroatoms. The summed E-state index contributed by atoms with van der Waals surface area (Å²) in [7, 11) is 3.00. The monoisotopic (exact) mass is 735 g/mol. The zero-order valence-electron chi connectivity index (χ0n) is 28.9. The summed E-state index contributed by atoms with van der Waals surface area (Å²) in [5, 5.41) is 10.2. The van der Waals surface area contributed by atoms with Gasteiger partial charge in [-0.25, -0.2) is 4.79 Å². The summed E-state index contributed by atoms with van der Waals surface area (Å²) in [5.41, 5.74) is 3.12. The molecule has 1 unspecified atom stereocenters. The Kier molecular flexibility index (Phi) is 12.9. The lowest BCUT2D eigenvalue weighted by atomic mass is 10.0. The molecule has 0 radical (unpaired) electrons. The molecule has 1 atom stereocenters. The number of thioether (sulfide) groups is 1. The Balaban J connectivity index is 1.34. The Morgan fingerprint density at radius 3 is 2.25 bits per heavy atom. The van der Waals surface area contributed by atoms with Gasteiger partial charge < -0.3 is 30.2 Å². The van der Waals surface area contributed by atoms with Gasteiger partial charge in [-0.15, -0.1) is 23.1 Å². The van der Waals surface area contributed by atoms with Crippen LogP contribution in [-0.4, -0.2) is 49.8 Å². The molecule has 1 heterocycles. The molecule has 52 heavy (non-hydrogen) atoms. The molecule has 0 aliphatic carbocycles. The molecule has 5 rings (SSSR count). The van der Waals surface area contributed by atoms with E-state index in [4.69, 9.17) is 14.2 Å². The van der Waals surface area contributed by atoms with Gasteiger partial charge in [0.1, 0.15) is 16.3 Å². The Morgan fingerprint density at radius 2 is 1.56 bits per heavy atom. The number of hydrogen-bond donors (Lipinski definition) is 3. The molecule has 3 amide bonds. The Labute approximate surface area is 310 Å². The highest BCUT2D eigenvalue weighted by molar-refractivity contribution is 8.00. The maximum atomic E-state index is 13.7. The number of methoxy groups -OCH3 is 2. The second kappa shape index (κ2) is 17.9. The van der Waals surface area contributed by atoms with Crippen molar-refractivity contribution in [3.05, 3.63) is 131 Å². The van der Waals surface area contributed by atoms with Crippen LogP contribution >= 0.6 is 23.1 Å². The number of carbonyl (C=O) groups excluding carboxylic acids is 4. The number of anilines is 2. The fourth-order valence-electron chi connectivity index (χ4n) is 5.13. The van der Waals surface area contributed by atoms with Gasteiger partial charge in [-0.05, 0) is 61.9 Å². The molecule has 1 aromatic heterocycles. The minimum absolute atomic E-state index is 0.0329. The number of para-hydroxylation sites is 1. The molecular formula is C40H37N3O7S2. The summed E-state index contributed by atoms with van der Waals surface area (Å²) in [6, 6.07) is 30.2. The van der Waals surface area contributed by atoms with Crippen LogP contribution in [0.2, 0.25) is 0 Å². The van der Waals surface area contributed by atoms with E-state index in [0.717, 1.165) is 5.56 Å². The number of carbonyl (C=O) groups is 4. The maximum absolute atomic E-state index is 13.7. The molecule has 266 valence electrons. The molecule has 4 aromatic carbocycles. The topological polar surface area (TPSA) is 132 Å². The highest BCUT2D eigenvalue weighted by Crippen LogP contribution is 2.37. The van der Waals surface area contributed by atoms with Gasteiger partial charge in [-0.1, -0.05) is 66.7 Å². The second-order valence-corrected chi connectivity index (χ2v) is 13.4. The largest absolute Gasteiger partial charge is 0.493 e. The van der Waals surface area contributed by atoms with Crippen LogP contribution in [0.25, 0.3) is 17.2 Å². The molecule has 3 N–H and O–H groups in total. The van der Waals surface area contributed by atoms with E-state index in [-0.39, 0.29) is 18.2 Å². The van der Waals surface area contributed by atoms with Crippen molar-refractivity contribution in [2.45, 2.75) is 24.0 Å².